The van der Waals surface area contributed by atoms with Gasteiger partial charge in [0.15, 0.2) is 0 Å². The van der Waals surface area contributed by atoms with Crippen LogP contribution in [0.4, 0.5) is 5.69 Å². The number of nitrogens with two attached hydrogens (primary N) is 1. The number of imidazole rings is 1. The molecule has 0 spiro atoms. The van der Waals surface area contributed by atoms with Crippen LogP contribution in [0.2, 0.25) is 5.02 Å². The van der Waals surface area contributed by atoms with Crippen LogP contribution < -0.4 is 5.73 Å². The molecule has 0 radical (unpaired) electrons. The number of nitrogens with zero attached hydrogens (tertiary/aromatic N) is 2. The number of aromatic nitrogens is 2. The molecule has 0 aliphatic rings. The summed E-state index contributed by atoms with van der Waals surface area (Å²) in [4.78, 5) is 4.61. The third-order valence-corrected chi connectivity index (χ3v) is 3.52. The van der Waals surface area contributed by atoms with E-state index in [-0.39, 0.29) is 0 Å². The van der Waals surface area contributed by atoms with E-state index < -0.39 is 0 Å². The number of anilines is 1. The van der Waals surface area contributed by atoms with Crippen molar-refractivity contribution in [1.29, 1.82) is 0 Å². The first-order valence-electron chi connectivity index (χ1n) is 6.11. The lowest BCUT2D eigenvalue weighted by atomic mass is 10.1. The Morgan fingerprint density at radius 3 is 2.63 bits per heavy atom. The van der Waals surface area contributed by atoms with Gasteiger partial charge in [0.05, 0.1) is 11.4 Å². The van der Waals surface area contributed by atoms with Gasteiger partial charge in [-0.25, -0.2) is 4.98 Å². The number of benzene rings is 1. The van der Waals surface area contributed by atoms with Crippen LogP contribution in [0.25, 0.3) is 5.65 Å². The summed E-state index contributed by atoms with van der Waals surface area (Å²) in [6.07, 6.45) is 2.83. The van der Waals surface area contributed by atoms with Crippen molar-refractivity contribution in [2.75, 3.05) is 5.73 Å². The first-order chi connectivity index (χ1) is 9.13. The summed E-state index contributed by atoms with van der Waals surface area (Å²) in [7, 11) is 0. The summed E-state index contributed by atoms with van der Waals surface area (Å²) in [6, 6.07) is 11.7. The fourth-order valence-corrected chi connectivity index (χ4v) is 2.28. The van der Waals surface area contributed by atoms with Gasteiger partial charge in [-0.05, 0) is 36.8 Å². The van der Waals surface area contributed by atoms with Gasteiger partial charge >= 0.3 is 0 Å². The minimum Gasteiger partial charge on any atom is -0.397 e. The van der Waals surface area contributed by atoms with Gasteiger partial charge in [-0.1, -0.05) is 23.7 Å². The Morgan fingerprint density at radius 1 is 1.16 bits per heavy atom. The number of hydrogen-bond acceptors (Lipinski definition) is 2. The van der Waals surface area contributed by atoms with Gasteiger partial charge in [0, 0.05) is 23.3 Å². The normalized spacial score (nSPS) is 11.1. The SMILES string of the molecule is Cc1c(N)ccc2nc(Cc3ccc(Cl)cc3)cn12. The maximum absolute atomic E-state index is 5.90. The fraction of sp³-hybridized carbons (Fsp3) is 0.133. The minimum absolute atomic E-state index is 0.752. The Balaban J connectivity index is 1.97. The molecule has 3 rings (SSSR count). The van der Waals surface area contributed by atoms with Crippen LogP contribution in [-0.4, -0.2) is 9.38 Å². The first kappa shape index (κ1) is 12.1. The molecule has 2 aromatic heterocycles. The molecule has 2 heterocycles. The zero-order valence-corrected chi connectivity index (χ0v) is 11.4. The monoisotopic (exact) mass is 271 g/mol. The lowest BCUT2D eigenvalue weighted by Gasteiger charge is -2.01. The maximum atomic E-state index is 5.90. The average Bonchev–Trinajstić information content (AvgIpc) is 2.80. The quantitative estimate of drug-likeness (QED) is 0.776. The van der Waals surface area contributed by atoms with Gasteiger partial charge in [-0.15, -0.1) is 0 Å². The van der Waals surface area contributed by atoms with Crippen molar-refractivity contribution in [1.82, 2.24) is 9.38 Å². The first-order valence-corrected chi connectivity index (χ1v) is 6.49. The second-order valence-corrected chi connectivity index (χ2v) is 5.07. The number of halogens is 1. The van der Waals surface area contributed by atoms with E-state index in [1.54, 1.807) is 0 Å². The Kier molecular flexibility index (Phi) is 2.91. The van der Waals surface area contributed by atoms with Crippen LogP contribution >= 0.6 is 11.6 Å². The van der Waals surface area contributed by atoms with Crippen molar-refractivity contribution in [3.63, 3.8) is 0 Å². The van der Waals surface area contributed by atoms with Gasteiger partial charge < -0.3 is 10.1 Å². The third kappa shape index (κ3) is 2.29. The third-order valence-electron chi connectivity index (χ3n) is 3.27. The smallest absolute Gasteiger partial charge is 0.137 e. The second-order valence-electron chi connectivity index (χ2n) is 4.64. The Morgan fingerprint density at radius 2 is 1.89 bits per heavy atom. The van der Waals surface area contributed by atoms with Gasteiger partial charge in [-0.2, -0.15) is 0 Å². The van der Waals surface area contributed by atoms with Crippen molar-refractivity contribution in [3.05, 3.63) is 64.6 Å². The largest absolute Gasteiger partial charge is 0.397 e. The molecule has 0 aliphatic heterocycles. The van der Waals surface area contributed by atoms with Crippen molar-refractivity contribution in [2.45, 2.75) is 13.3 Å². The molecule has 1 aromatic carbocycles. The van der Waals surface area contributed by atoms with Crippen molar-refractivity contribution < 1.29 is 0 Å². The standard InChI is InChI=1S/C15H14ClN3/c1-10-14(17)6-7-15-18-13(9-19(10)15)8-11-2-4-12(16)5-3-11/h2-7,9H,8,17H2,1H3. The number of rotatable bonds is 2. The highest BCUT2D eigenvalue weighted by atomic mass is 35.5. The van der Waals surface area contributed by atoms with Crippen LogP contribution in [0.5, 0.6) is 0 Å². The number of nitrogen functional groups attached to an aromatic ring is 1. The summed E-state index contributed by atoms with van der Waals surface area (Å²) in [6.45, 7) is 2.00. The minimum atomic E-state index is 0.752. The molecule has 96 valence electrons. The molecule has 0 amide bonds. The highest BCUT2D eigenvalue weighted by Crippen LogP contribution is 2.17. The van der Waals surface area contributed by atoms with Crippen LogP contribution in [0.15, 0.2) is 42.6 Å². The van der Waals surface area contributed by atoms with Crippen LogP contribution in [-0.2, 0) is 6.42 Å². The molecule has 0 unspecified atom stereocenters. The predicted octanol–water partition coefficient (Wildman–Crippen LogP) is 3.47. The molecule has 0 fully saturated rings. The summed E-state index contributed by atoms with van der Waals surface area (Å²) in [5, 5.41) is 0.752. The van der Waals surface area contributed by atoms with Gasteiger partial charge in [0.2, 0.25) is 0 Å². The summed E-state index contributed by atoms with van der Waals surface area (Å²) in [5.41, 5.74) is 10.8. The summed E-state index contributed by atoms with van der Waals surface area (Å²) >= 11 is 5.88. The van der Waals surface area contributed by atoms with Crippen molar-refractivity contribution in [3.8, 4) is 0 Å². The molecule has 3 aromatic rings. The maximum Gasteiger partial charge on any atom is 0.137 e. The van der Waals surface area contributed by atoms with E-state index in [4.69, 9.17) is 17.3 Å². The highest BCUT2D eigenvalue weighted by Gasteiger charge is 2.06. The van der Waals surface area contributed by atoms with Crippen LogP contribution in [0.1, 0.15) is 17.0 Å². The molecule has 19 heavy (non-hydrogen) atoms. The highest BCUT2D eigenvalue weighted by molar-refractivity contribution is 6.30. The summed E-state index contributed by atoms with van der Waals surface area (Å²) < 4.78 is 2.03. The molecular weight excluding hydrogens is 258 g/mol. The Hall–Kier alpha value is -2.00. The number of pyridine rings is 1. The topological polar surface area (TPSA) is 43.3 Å². The number of aryl methyl sites for hydroxylation is 1. The molecule has 0 saturated heterocycles. The molecule has 4 heteroatoms. The van der Waals surface area contributed by atoms with Crippen LogP contribution in [0, 0.1) is 6.92 Å². The second kappa shape index (κ2) is 4.59. The van der Waals surface area contributed by atoms with Gasteiger partial charge in [-0.3, -0.25) is 0 Å². The molecule has 0 saturated carbocycles. The van der Waals surface area contributed by atoms with Crippen molar-refractivity contribution in [2.24, 2.45) is 0 Å². The molecule has 0 bridgehead atoms. The van der Waals surface area contributed by atoms with Crippen molar-refractivity contribution >= 4 is 22.9 Å². The van der Waals surface area contributed by atoms with Gasteiger partial charge in [0.25, 0.3) is 0 Å². The van der Waals surface area contributed by atoms with E-state index in [1.807, 2.05) is 53.9 Å². The lowest BCUT2D eigenvalue weighted by Crippen LogP contribution is -1.96. The Labute approximate surface area is 116 Å². The Bertz CT molecular complexity index is 729. The number of fused-ring (bicyclic) bond motifs is 1. The molecular formula is C15H14ClN3. The molecule has 2 N–H and O–H groups in total. The van der Waals surface area contributed by atoms with E-state index >= 15 is 0 Å². The summed E-state index contributed by atoms with van der Waals surface area (Å²) in [5.74, 6) is 0. The molecule has 0 atom stereocenters. The van der Waals surface area contributed by atoms with Gasteiger partial charge in [0.1, 0.15) is 5.65 Å². The molecule has 0 aliphatic carbocycles. The predicted molar refractivity (Wildman–Crippen MR) is 78.6 cm³/mol. The van der Waals surface area contributed by atoms with E-state index in [0.29, 0.717) is 0 Å². The van der Waals surface area contributed by atoms with E-state index in [1.165, 1.54) is 5.56 Å². The van der Waals surface area contributed by atoms with Crippen LogP contribution in [0.3, 0.4) is 0 Å². The van der Waals surface area contributed by atoms with E-state index in [0.717, 1.165) is 34.2 Å². The van der Waals surface area contributed by atoms with E-state index in [9.17, 15) is 0 Å². The average molecular weight is 272 g/mol. The zero-order valence-electron chi connectivity index (χ0n) is 10.6. The zero-order chi connectivity index (χ0) is 13.4. The lowest BCUT2D eigenvalue weighted by molar-refractivity contribution is 1.08. The fourth-order valence-electron chi connectivity index (χ4n) is 2.15. The molecule has 3 nitrogen and oxygen atoms in total. The number of hydrogen-bond donors (Lipinski definition) is 1. The van der Waals surface area contributed by atoms with E-state index in [2.05, 4.69) is 4.98 Å².